The quantitative estimate of drug-likeness (QED) is 0.732. The van der Waals surface area contributed by atoms with Crippen LogP contribution in [0.1, 0.15) is 37.3 Å². The van der Waals surface area contributed by atoms with Crippen LogP contribution < -0.4 is 5.32 Å². The lowest BCUT2D eigenvalue weighted by Gasteiger charge is -2.06. The average molecular weight is 343 g/mol. The lowest BCUT2D eigenvalue weighted by molar-refractivity contribution is 0.0951. The standard InChI is InChI=1S/C18H17NO2S2/c1-12-3-2-4-13(9-12)18(21)19-10-15-5-6-16(23-15)17(20)14-7-8-22-11-14/h2-9,11,17,20H,10H2,1H3,(H,19,21). The van der Waals surface area contributed by atoms with Gasteiger partial charge in [0.2, 0.25) is 0 Å². The van der Waals surface area contributed by atoms with E-state index in [4.69, 9.17) is 0 Å². The Labute approximate surface area is 143 Å². The maximum atomic E-state index is 12.1. The predicted octanol–water partition coefficient (Wildman–Crippen LogP) is 4.13. The fourth-order valence-corrected chi connectivity index (χ4v) is 3.93. The molecule has 0 saturated carbocycles. The van der Waals surface area contributed by atoms with E-state index in [0.717, 1.165) is 20.9 Å². The van der Waals surface area contributed by atoms with E-state index >= 15 is 0 Å². The van der Waals surface area contributed by atoms with E-state index in [1.165, 1.54) is 11.3 Å². The van der Waals surface area contributed by atoms with E-state index < -0.39 is 6.10 Å². The molecule has 0 aliphatic heterocycles. The highest BCUT2D eigenvalue weighted by molar-refractivity contribution is 7.12. The van der Waals surface area contributed by atoms with Crippen LogP contribution in [0.2, 0.25) is 0 Å². The molecule has 3 aromatic rings. The van der Waals surface area contributed by atoms with Gasteiger partial charge in [0.05, 0.1) is 6.54 Å². The Balaban J connectivity index is 1.62. The van der Waals surface area contributed by atoms with E-state index in [2.05, 4.69) is 5.32 Å². The number of hydrogen-bond acceptors (Lipinski definition) is 4. The molecule has 2 N–H and O–H groups in total. The Kier molecular flexibility index (Phi) is 4.91. The van der Waals surface area contributed by atoms with Crippen molar-refractivity contribution in [2.75, 3.05) is 0 Å². The molecule has 2 heterocycles. The van der Waals surface area contributed by atoms with Crippen LogP contribution in [0.25, 0.3) is 0 Å². The summed E-state index contributed by atoms with van der Waals surface area (Å²) in [6, 6.07) is 13.3. The maximum absolute atomic E-state index is 12.1. The number of amides is 1. The van der Waals surface area contributed by atoms with Crippen LogP contribution in [0.5, 0.6) is 0 Å². The van der Waals surface area contributed by atoms with Crippen LogP contribution in [-0.2, 0) is 6.54 Å². The van der Waals surface area contributed by atoms with Gasteiger partial charge in [0.15, 0.2) is 0 Å². The Morgan fingerprint density at radius 1 is 1.26 bits per heavy atom. The van der Waals surface area contributed by atoms with Crippen molar-refractivity contribution in [1.29, 1.82) is 0 Å². The van der Waals surface area contributed by atoms with E-state index in [1.807, 2.05) is 60.1 Å². The molecular weight excluding hydrogens is 326 g/mol. The minimum atomic E-state index is -0.590. The van der Waals surface area contributed by atoms with Crippen molar-refractivity contribution < 1.29 is 9.90 Å². The van der Waals surface area contributed by atoms with Crippen LogP contribution in [-0.4, -0.2) is 11.0 Å². The summed E-state index contributed by atoms with van der Waals surface area (Å²) < 4.78 is 0. The van der Waals surface area contributed by atoms with Crippen molar-refractivity contribution in [2.45, 2.75) is 19.6 Å². The average Bonchev–Trinajstić information content (AvgIpc) is 3.23. The molecule has 0 fully saturated rings. The minimum Gasteiger partial charge on any atom is -0.383 e. The van der Waals surface area contributed by atoms with Crippen molar-refractivity contribution in [3.63, 3.8) is 0 Å². The Morgan fingerprint density at radius 2 is 2.13 bits per heavy atom. The molecule has 1 unspecified atom stereocenters. The summed E-state index contributed by atoms with van der Waals surface area (Å²) in [5, 5.41) is 17.1. The third-order valence-electron chi connectivity index (χ3n) is 3.51. The normalized spacial score (nSPS) is 12.1. The zero-order valence-corrected chi connectivity index (χ0v) is 14.3. The van der Waals surface area contributed by atoms with E-state index in [-0.39, 0.29) is 5.91 Å². The summed E-state index contributed by atoms with van der Waals surface area (Å²) in [6.45, 7) is 2.43. The first kappa shape index (κ1) is 15.9. The van der Waals surface area contributed by atoms with Gasteiger partial charge in [-0.05, 0) is 53.6 Å². The van der Waals surface area contributed by atoms with Crippen molar-refractivity contribution >= 4 is 28.6 Å². The molecular formula is C18H17NO2S2. The number of nitrogens with one attached hydrogen (secondary N) is 1. The molecule has 5 heteroatoms. The number of carbonyl (C=O) groups is 1. The Bertz CT molecular complexity index is 793. The van der Waals surface area contributed by atoms with Crippen LogP contribution >= 0.6 is 22.7 Å². The SMILES string of the molecule is Cc1cccc(C(=O)NCc2ccc(C(O)c3ccsc3)s2)c1. The summed E-state index contributed by atoms with van der Waals surface area (Å²) in [7, 11) is 0. The molecule has 0 spiro atoms. The summed E-state index contributed by atoms with van der Waals surface area (Å²) in [6.07, 6.45) is -0.590. The first-order valence-electron chi connectivity index (χ1n) is 7.27. The second-order valence-electron chi connectivity index (χ2n) is 5.32. The second-order valence-corrected chi connectivity index (χ2v) is 7.30. The molecule has 0 saturated heterocycles. The van der Waals surface area contributed by atoms with E-state index in [9.17, 15) is 9.90 Å². The number of carbonyl (C=O) groups excluding carboxylic acids is 1. The lowest BCUT2D eigenvalue weighted by atomic mass is 10.1. The van der Waals surface area contributed by atoms with Gasteiger partial charge in [-0.2, -0.15) is 11.3 Å². The number of benzene rings is 1. The largest absolute Gasteiger partial charge is 0.383 e. The van der Waals surface area contributed by atoms with Gasteiger partial charge < -0.3 is 10.4 Å². The molecule has 1 aromatic carbocycles. The van der Waals surface area contributed by atoms with Gasteiger partial charge in [-0.1, -0.05) is 17.7 Å². The number of aryl methyl sites for hydroxylation is 1. The third-order valence-corrected chi connectivity index (χ3v) is 5.35. The smallest absolute Gasteiger partial charge is 0.251 e. The Hall–Kier alpha value is -1.95. The van der Waals surface area contributed by atoms with E-state index in [1.54, 1.807) is 11.3 Å². The molecule has 3 rings (SSSR count). The highest BCUT2D eigenvalue weighted by Crippen LogP contribution is 2.29. The fourth-order valence-electron chi connectivity index (χ4n) is 2.29. The van der Waals surface area contributed by atoms with Gasteiger partial charge in [0, 0.05) is 15.3 Å². The lowest BCUT2D eigenvalue weighted by Crippen LogP contribution is -2.22. The van der Waals surface area contributed by atoms with Gasteiger partial charge in [-0.25, -0.2) is 0 Å². The van der Waals surface area contributed by atoms with Crippen LogP contribution in [0.4, 0.5) is 0 Å². The highest BCUT2D eigenvalue weighted by atomic mass is 32.1. The monoisotopic (exact) mass is 343 g/mol. The maximum Gasteiger partial charge on any atom is 0.251 e. The van der Waals surface area contributed by atoms with Crippen molar-refractivity contribution in [3.05, 3.63) is 79.7 Å². The second kappa shape index (κ2) is 7.08. The summed E-state index contributed by atoms with van der Waals surface area (Å²) >= 11 is 3.09. The molecule has 2 aromatic heterocycles. The minimum absolute atomic E-state index is 0.0815. The highest BCUT2D eigenvalue weighted by Gasteiger charge is 2.14. The molecule has 118 valence electrons. The fraction of sp³-hybridized carbons (Fsp3) is 0.167. The summed E-state index contributed by atoms with van der Waals surface area (Å²) in [4.78, 5) is 14.1. The van der Waals surface area contributed by atoms with E-state index in [0.29, 0.717) is 12.1 Å². The van der Waals surface area contributed by atoms with Crippen molar-refractivity contribution in [3.8, 4) is 0 Å². The number of rotatable bonds is 5. The van der Waals surface area contributed by atoms with Crippen LogP contribution in [0.15, 0.2) is 53.2 Å². The van der Waals surface area contributed by atoms with Gasteiger partial charge >= 0.3 is 0 Å². The third kappa shape index (κ3) is 3.88. The van der Waals surface area contributed by atoms with Crippen molar-refractivity contribution in [2.24, 2.45) is 0 Å². The van der Waals surface area contributed by atoms with Crippen LogP contribution in [0.3, 0.4) is 0 Å². The zero-order chi connectivity index (χ0) is 16.2. The molecule has 23 heavy (non-hydrogen) atoms. The van der Waals surface area contributed by atoms with Crippen molar-refractivity contribution in [1.82, 2.24) is 5.32 Å². The predicted molar refractivity (Wildman–Crippen MR) is 95.0 cm³/mol. The van der Waals surface area contributed by atoms with Gasteiger partial charge in [0.1, 0.15) is 6.10 Å². The number of aliphatic hydroxyl groups is 1. The topological polar surface area (TPSA) is 49.3 Å². The molecule has 0 bridgehead atoms. The molecule has 0 aliphatic carbocycles. The summed E-state index contributed by atoms with van der Waals surface area (Å²) in [5.74, 6) is -0.0815. The first-order chi connectivity index (χ1) is 11.1. The van der Waals surface area contributed by atoms with Gasteiger partial charge in [-0.3, -0.25) is 4.79 Å². The molecule has 1 amide bonds. The van der Waals surface area contributed by atoms with Gasteiger partial charge in [-0.15, -0.1) is 11.3 Å². The van der Waals surface area contributed by atoms with Gasteiger partial charge in [0.25, 0.3) is 5.91 Å². The summed E-state index contributed by atoms with van der Waals surface area (Å²) in [5.41, 5.74) is 2.64. The molecule has 0 aliphatic rings. The number of thiophene rings is 2. The molecule has 1 atom stereocenters. The van der Waals surface area contributed by atoms with Crippen LogP contribution in [0, 0.1) is 6.92 Å². The number of aliphatic hydroxyl groups excluding tert-OH is 1. The zero-order valence-electron chi connectivity index (χ0n) is 12.7. The molecule has 3 nitrogen and oxygen atoms in total. The first-order valence-corrected chi connectivity index (χ1v) is 9.03. The molecule has 0 radical (unpaired) electrons. The Morgan fingerprint density at radius 3 is 2.87 bits per heavy atom. The number of hydrogen-bond donors (Lipinski definition) is 2.